The number of allylic oxidation sites excluding steroid dienone is 7. The molecule has 2 heteroatoms. The number of nitrogens with one attached hydrogen (secondary N) is 1. The summed E-state index contributed by atoms with van der Waals surface area (Å²) in [6, 6.07) is 6.82. The summed E-state index contributed by atoms with van der Waals surface area (Å²) in [5.74, 6) is 1.07. The number of hydrogen-bond donors (Lipinski definition) is 1. The molecule has 1 saturated heterocycles. The standard InChI is InChI=1S/C33H48N2/c1-8-23(4)33(28(10-3)22-27(9-2)30-16-18-34-19-17-30)35-32(21-26(7)29-12-11-13-29)31-15-14-24(5)25(6)20-31/h9,14-15,20-23,30,34H,8,10-13,16-19H2,1-7H3/b27-9+,28-22-,32-21-,35-33+. The van der Waals surface area contributed by atoms with Crippen LogP contribution >= 0.6 is 0 Å². The Morgan fingerprint density at radius 1 is 1.09 bits per heavy atom. The molecule has 0 bridgehead atoms. The highest BCUT2D eigenvalue weighted by Gasteiger charge is 2.20. The van der Waals surface area contributed by atoms with E-state index in [4.69, 9.17) is 4.99 Å². The van der Waals surface area contributed by atoms with Crippen LogP contribution in [-0.2, 0) is 0 Å². The molecular weight excluding hydrogens is 424 g/mol. The van der Waals surface area contributed by atoms with E-state index in [9.17, 15) is 0 Å². The van der Waals surface area contributed by atoms with Crippen molar-refractivity contribution in [2.24, 2.45) is 16.8 Å². The van der Waals surface area contributed by atoms with E-state index >= 15 is 0 Å². The second-order valence-electron chi connectivity index (χ2n) is 10.6. The maximum atomic E-state index is 5.51. The molecule has 0 radical (unpaired) electrons. The Bertz CT molecular complexity index is 1020. The molecule has 1 atom stereocenters. The first-order chi connectivity index (χ1) is 16.9. The zero-order valence-corrected chi connectivity index (χ0v) is 23.4. The largest absolute Gasteiger partial charge is 0.317 e. The van der Waals surface area contributed by atoms with E-state index in [2.05, 4.69) is 90.2 Å². The highest BCUT2D eigenvalue weighted by Crippen LogP contribution is 2.32. The van der Waals surface area contributed by atoms with Gasteiger partial charge in [0, 0.05) is 11.3 Å². The van der Waals surface area contributed by atoms with Gasteiger partial charge in [0.15, 0.2) is 0 Å². The smallest absolute Gasteiger partial charge is 0.0708 e. The van der Waals surface area contributed by atoms with Gasteiger partial charge < -0.3 is 5.32 Å². The molecule has 1 heterocycles. The molecule has 0 aromatic heterocycles. The molecule has 35 heavy (non-hydrogen) atoms. The first-order valence-electron chi connectivity index (χ1n) is 14.0. The SMILES string of the molecule is C\C=C(/C=C(CC)\C(=N\C(=C/C(C)=C1CCC1)c1ccc(C)c(C)c1)C(C)CC)C1CCNCC1. The Morgan fingerprint density at radius 3 is 2.34 bits per heavy atom. The Labute approximate surface area is 215 Å². The molecule has 1 aromatic rings. The van der Waals surface area contributed by atoms with Crippen molar-refractivity contribution in [1.29, 1.82) is 0 Å². The fraction of sp³-hybridized carbons (Fsp3) is 0.545. The minimum absolute atomic E-state index is 0.416. The molecule has 3 rings (SSSR count). The molecule has 190 valence electrons. The Kier molecular flexibility index (Phi) is 10.3. The summed E-state index contributed by atoms with van der Waals surface area (Å²) in [5, 5.41) is 3.52. The van der Waals surface area contributed by atoms with Crippen molar-refractivity contribution in [1.82, 2.24) is 5.32 Å². The van der Waals surface area contributed by atoms with Crippen LogP contribution in [0.2, 0.25) is 0 Å². The van der Waals surface area contributed by atoms with Gasteiger partial charge in [0.05, 0.1) is 5.70 Å². The van der Waals surface area contributed by atoms with Crippen molar-refractivity contribution in [2.45, 2.75) is 93.4 Å². The number of nitrogens with zero attached hydrogens (tertiary/aromatic N) is 1. The van der Waals surface area contributed by atoms with Crippen LogP contribution in [0.3, 0.4) is 0 Å². The number of aliphatic imine (C=N–C) groups is 1. The van der Waals surface area contributed by atoms with E-state index < -0.39 is 0 Å². The van der Waals surface area contributed by atoms with Gasteiger partial charge in [-0.1, -0.05) is 50.6 Å². The molecule has 0 spiro atoms. The lowest BCUT2D eigenvalue weighted by atomic mass is 9.85. The normalized spacial score (nSPS) is 19.6. The predicted octanol–water partition coefficient (Wildman–Crippen LogP) is 8.91. The molecule has 1 unspecified atom stereocenters. The molecule has 2 fully saturated rings. The number of aryl methyl sites for hydroxylation is 2. The van der Waals surface area contributed by atoms with Gasteiger partial charge in [-0.15, -0.1) is 0 Å². The molecule has 1 saturated carbocycles. The van der Waals surface area contributed by atoms with Crippen molar-refractivity contribution in [3.05, 3.63) is 75.4 Å². The second kappa shape index (κ2) is 13.2. The van der Waals surface area contributed by atoms with Crippen molar-refractivity contribution in [3.63, 3.8) is 0 Å². The summed E-state index contributed by atoms with van der Waals surface area (Å²) in [6.07, 6.45) is 15.5. The Balaban J connectivity index is 2.12. The van der Waals surface area contributed by atoms with E-state index in [0.717, 1.165) is 31.6 Å². The van der Waals surface area contributed by atoms with Gasteiger partial charge in [-0.2, -0.15) is 0 Å². The number of hydrogen-bond acceptors (Lipinski definition) is 2. The van der Waals surface area contributed by atoms with Crippen molar-refractivity contribution in [3.8, 4) is 0 Å². The van der Waals surface area contributed by atoms with Crippen LogP contribution in [0.5, 0.6) is 0 Å². The van der Waals surface area contributed by atoms with E-state index in [0.29, 0.717) is 11.8 Å². The van der Waals surface area contributed by atoms with Crippen molar-refractivity contribution < 1.29 is 0 Å². The monoisotopic (exact) mass is 472 g/mol. The third-order valence-corrected chi connectivity index (χ3v) is 8.19. The lowest BCUT2D eigenvalue weighted by Gasteiger charge is -2.25. The first kappa shape index (κ1) is 27.4. The zero-order chi connectivity index (χ0) is 25.4. The molecule has 1 aromatic carbocycles. The fourth-order valence-electron chi connectivity index (χ4n) is 5.11. The van der Waals surface area contributed by atoms with E-state index in [1.807, 2.05) is 0 Å². The van der Waals surface area contributed by atoms with Crippen LogP contribution in [0.25, 0.3) is 5.70 Å². The highest BCUT2D eigenvalue weighted by molar-refractivity contribution is 6.04. The van der Waals surface area contributed by atoms with Crippen molar-refractivity contribution >= 4 is 11.4 Å². The lowest BCUT2D eigenvalue weighted by Crippen LogP contribution is -2.28. The average Bonchev–Trinajstić information content (AvgIpc) is 2.83. The van der Waals surface area contributed by atoms with Gasteiger partial charge in [-0.3, -0.25) is 4.99 Å². The lowest BCUT2D eigenvalue weighted by molar-refractivity contribution is 0.425. The molecular formula is C33H48N2. The van der Waals surface area contributed by atoms with Gasteiger partial charge in [-0.25, -0.2) is 0 Å². The molecule has 1 aliphatic carbocycles. The fourth-order valence-corrected chi connectivity index (χ4v) is 5.11. The zero-order valence-electron chi connectivity index (χ0n) is 23.4. The van der Waals surface area contributed by atoms with Crippen LogP contribution < -0.4 is 5.32 Å². The Morgan fingerprint density at radius 2 is 1.80 bits per heavy atom. The van der Waals surface area contributed by atoms with Crippen LogP contribution in [0.4, 0.5) is 0 Å². The summed E-state index contributed by atoms with van der Waals surface area (Å²) in [4.78, 5) is 5.51. The minimum Gasteiger partial charge on any atom is -0.317 e. The summed E-state index contributed by atoms with van der Waals surface area (Å²) in [7, 11) is 0. The summed E-state index contributed by atoms with van der Waals surface area (Å²) < 4.78 is 0. The van der Waals surface area contributed by atoms with Crippen LogP contribution in [0.1, 0.15) is 96.3 Å². The van der Waals surface area contributed by atoms with E-state index in [1.165, 1.54) is 71.2 Å². The third-order valence-electron chi connectivity index (χ3n) is 8.19. The van der Waals surface area contributed by atoms with Crippen LogP contribution in [-0.4, -0.2) is 18.8 Å². The molecule has 1 aliphatic heterocycles. The molecule has 1 N–H and O–H groups in total. The topological polar surface area (TPSA) is 24.4 Å². The van der Waals surface area contributed by atoms with Gasteiger partial charge in [0.2, 0.25) is 0 Å². The maximum Gasteiger partial charge on any atom is 0.0708 e. The third kappa shape index (κ3) is 7.17. The quantitative estimate of drug-likeness (QED) is 0.281. The first-order valence-corrected chi connectivity index (χ1v) is 14.0. The predicted molar refractivity (Wildman–Crippen MR) is 155 cm³/mol. The molecule has 2 aliphatic rings. The van der Waals surface area contributed by atoms with Gasteiger partial charge in [-0.05, 0) is 138 Å². The molecule has 2 nitrogen and oxygen atoms in total. The van der Waals surface area contributed by atoms with E-state index in [1.54, 1.807) is 5.57 Å². The minimum atomic E-state index is 0.416. The number of piperidine rings is 1. The van der Waals surface area contributed by atoms with Gasteiger partial charge >= 0.3 is 0 Å². The summed E-state index contributed by atoms with van der Waals surface area (Å²) >= 11 is 0. The molecule has 0 amide bonds. The van der Waals surface area contributed by atoms with Crippen LogP contribution in [0.15, 0.2) is 63.7 Å². The van der Waals surface area contributed by atoms with Gasteiger partial charge in [0.25, 0.3) is 0 Å². The number of benzene rings is 1. The maximum absolute atomic E-state index is 5.51. The second-order valence-corrected chi connectivity index (χ2v) is 10.6. The Hall–Kier alpha value is -2.19. The summed E-state index contributed by atoms with van der Waals surface area (Å²) in [5.41, 5.74) is 12.2. The summed E-state index contributed by atoms with van der Waals surface area (Å²) in [6.45, 7) is 18.1. The van der Waals surface area contributed by atoms with Crippen LogP contribution in [0, 0.1) is 25.7 Å². The van der Waals surface area contributed by atoms with E-state index in [-0.39, 0.29) is 0 Å². The average molecular weight is 473 g/mol. The van der Waals surface area contributed by atoms with Gasteiger partial charge in [0.1, 0.15) is 0 Å². The highest BCUT2D eigenvalue weighted by atomic mass is 14.9. The number of rotatable bonds is 9. The van der Waals surface area contributed by atoms with Crippen molar-refractivity contribution in [2.75, 3.05) is 13.1 Å².